The summed E-state index contributed by atoms with van der Waals surface area (Å²) in [5, 5.41) is 10.2. The van der Waals surface area contributed by atoms with Crippen molar-refractivity contribution in [2.24, 2.45) is 5.73 Å². The number of nitrogens with two attached hydrogens (primary N) is 1. The molecule has 50 valence electrons. The lowest BCUT2D eigenvalue weighted by Crippen LogP contribution is -1.91. The molecular formula is C7H6N2S. The van der Waals surface area contributed by atoms with Gasteiger partial charge in [-0.2, -0.15) is 5.26 Å². The molecule has 0 saturated heterocycles. The van der Waals surface area contributed by atoms with Gasteiger partial charge in [0.1, 0.15) is 0 Å². The second-order valence-electron chi connectivity index (χ2n) is 1.71. The van der Waals surface area contributed by atoms with E-state index in [1.165, 1.54) is 17.4 Å². The maximum Gasteiger partial charge on any atom is 0.0934 e. The molecule has 0 unspecified atom stereocenters. The van der Waals surface area contributed by atoms with Crippen molar-refractivity contribution in [3.05, 3.63) is 28.5 Å². The van der Waals surface area contributed by atoms with Crippen molar-refractivity contribution in [1.29, 1.82) is 5.26 Å². The van der Waals surface area contributed by atoms with Gasteiger partial charge in [-0.1, -0.05) is 6.07 Å². The van der Waals surface area contributed by atoms with Crippen LogP contribution < -0.4 is 5.73 Å². The predicted octanol–water partition coefficient (Wildman–Crippen LogP) is 1.57. The van der Waals surface area contributed by atoms with Crippen LogP contribution in [0.1, 0.15) is 4.88 Å². The number of allylic oxidation sites excluding steroid dienone is 1. The Labute approximate surface area is 63.2 Å². The molecule has 0 saturated carbocycles. The van der Waals surface area contributed by atoms with E-state index >= 15 is 0 Å². The summed E-state index contributed by atoms with van der Waals surface area (Å²) >= 11 is 1.53. The lowest BCUT2D eigenvalue weighted by molar-refractivity contribution is 1.52. The zero-order chi connectivity index (χ0) is 7.40. The fourth-order valence-corrected chi connectivity index (χ4v) is 1.24. The van der Waals surface area contributed by atoms with E-state index in [4.69, 9.17) is 11.0 Å². The largest absolute Gasteiger partial charge is 0.397 e. The van der Waals surface area contributed by atoms with Gasteiger partial charge in [0.05, 0.1) is 16.6 Å². The zero-order valence-electron chi connectivity index (χ0n) is 5.24. The molecule has 0 aliphatic carbocycles. The fourth-order valence-electron chi connectivity index (χ4n) is 0.583. The number of thiophene rings is 1. The van der Waals surface area contributed by atoms with E-state index in [1.54, 1.807) is 0 Å². The van der Waals surface area contributed by atoms with Crippen LogP contribution in [0.4, 0.5) is 0 Å². The van der Waals surface area contributed by atoms with E-state index in [9.17, 15) is 0 Å². The van der Waals surface area contributed by atoms with E-state index in [2.05, 4.69) is 0 Å². The first-order valence-corrected chi connectivity index (χ1v) is 3.61. The monoisotopic (exact) mass is 150 g/mol. The minimum atomic E-state index is 0.539. The smallest absolute Gasteiger partial charge is 0.0934 e. The normalized spacial score (nSPS) is 10.9. The molecule has 0 fully saturated rings. The molecule has 0 radical (unpaired) electrons. The summed E-state index contributed by atoms with van der Waals surface area (Å²) in [6, 6.07) is 5.66. The minimum absolute atomic E-state index is 0.539. The third-order valence-electron chi connectivity index (χ3n) is 1.03. The molecule has 0 bridgehead atoms. The maximum absolute atomic E-state index is 8.23. The molecule has 2 N–H and O–H groups in total. The quantitative estimate of drug-likeness (QED) is 0.618. The van der Waals surface area contributed by atoms with E-state index in [0.717, 1.165) is 4.88 Å². The molecule has 0 aliphatic rings. The maximum atomic E-state index is 8.23. The van der Waals surface area contributed by atoms with Crippen LogP contribution in [0.15, 0.2) is 23.6 Å². The molecule has 0 atom stereocenters. The zero-order valence-corrected chi connectivity index (χ0v) is 6.06. The topological polar surface area (TPSA) is 49.8 Å². The summed E-state index contributed by atoms with van der Waals surface area (Å²) in [7, 11) is 0. The first kappa shape index (κ1) is 6.84. The van der Waals surface area contributed by atoms with Crippen LogP contribution in [0.5, 0.6) is 0 Å². The molecule has 1 heterocycles. The molecule has 1 aromatic heterocycles. The first-order valence-electron chi connectivity index (χ1n) is 2.73. The summed E-state index contributed by atoms with van der Waals surface area (Å²) in [6.45, 7) is 0. The van der Waals surface area contributed by atoms with Gasteiger partial charge < -0.3 is 5.73 Å². The van der Waals surface area contributed by atoms with Crippen LogP contribution in [-0.4, -0.2) is 0 Å². The highest BCUT2D eigenvalue weighted by molar-refractivity contribution is 7.11. The summed E-state index contributed by atoms with van der Waals surface area (Å²) < 4.78 is 0. The lowest BCUT2D eigenvalue weighted by atomic mass is 10.3. The highest BCUT2D eigenvalue weighted by Gasteiger charge is 1.93. The van der Waals surface area contributed by atoms with Crippen LogP contribution in [0.2, 0.25) is 0 Å². The second kappa shape index (κ2) is 3.04. The molecule has 0 spiro atoms. The summed E-state index contributed by atoms with van der Waals surface area (Å²) in [4.78, 5) is 0.946. The van der Waals surface area contributed by atoms with Crippen molar-refractivity contribution in [3.63, 3.8) is 0 Å². The Kier molecular flexibility index (Phi) is 2.08. The van der Waals surface area contributed by atoms with E-state index in [0.29, 0.717) is 5.70 Å². The van der Waals surface area contributed by atoms with E-state index in [-0.39, 0.29) is 0 Å². The third kappa shape index (κ3) is 1.36. The Morgan fingerprint density at radius 2 is 2.60 bits per heavy atom. The van der Waals surface area contributed by atoms with Crippen LogP contribution in [-0.2, 0) is 0 Å². The minimum Gasteiger partial charge on any atom is -0.397 e. The van der Waals surface area contributed by atoms with Crippen molar-refractivity contribution in [2.45, 2.75) is 0 Å². The van der Waals surface area contributed by atoms with E-state index < -0.39 is 0 Å². The van der Waals surface area contributed by atoms with Gasteiger partial charge in [-0.3, -0.25) is 0 Å². The molecule has 1 aromatic rings. The fraction of sp³-hybridized carbons (Fsp3) is 0. The molecule has 1 rings (SSSR count). The molecule has 2 nitrogen and oxygen atoms in total. The van der Waals surface area contributed by atoms with Crippen LogP contribution in [0.25, 0.3) is 5.70 Å². The molecule has 0 amide bonds. The molecule has 0 aromatic carbocycles. The summed E-state index contributed by atoms with van der Waals surface area (Å²) in [6.07, 6.45) is 1.34. The van der Waals surface area contributed by atoms with Gasteiger partial charge in [-0.25, -0.2) is 0 Å². The summed E-state index contributed by atoms with van der Waals surface area (Å²) in [5.41, 5.74) is 6.04. The van der Waals surface area contributed by atoms with Crippen molar-refractivity contribution in [2.75, 3.05) is 0 Å². The molecule has 3 heteroatoms. The Morgan fingerprint density at radius 1 is 1.80 bits per heavy atom. The second-order valence-corrected chi connectivity index (χ2v) is 2.65. The highest BCUT2D eigenvalue weighted by atomic mass is 32.1. The van der Waals surface area contributed by atoms with E-state index in [1.807, 2.05) is 23.6 Å². The Balaban J connectivity index is 2.90. The Morgan fingerprint density at radius 3 is 3.10 bits per heavy atom. The van der Waals surface area contributed by atoms with Gasteiger partial charge in [0.25, 0.3) is 0 Å². The van der Waals surface area contributed by atoms with Gasteiger partial charge >= 0.3 is 0 Å². The average Bonchev–Trinajstić information content (AvgIpc) is 2.38. The first-order chi connectivity index (χ1) is 4.84. The van der Waals surface area contributed by atoms with Crippen molar-refractivity contribution >= 4 is 17.0 Å². The highest BCUT2D eigenvalue weighted by Crippen LogP contribution is 2.14. The number of nitriles is 1. The Bertz CT molecular complexity index is 266. The van der Waals surface area contributed by atoms with Crippen LogP contribution in [0.3, 0.4) is 0 Å². The van der Waals surface area contributed by atoms with Crippen molar-refractivity contribution in [3.8, 4) is 6.07 Å². The number of hydrogen-bond acceptors (Lipinski definition) is 3. The van der Waals surface area contributed by atoms with Gasteiger partial charge in [0.2, 0.25) is 0 Å². The number of rotatable bonds is 1. The number of hydrogen-bond donors (Lipinski definition) is 1. The van der Waals surface area contributed by atoms with Gasteiger partial charge in [0.15, 0.2) is 0 Å². The molecule has 10 heavy (non-hydrogen) atoms. The van der Waals surface area contributed by atoms with Crippen LogP contribution >= 0.6 is 11.3 Å². The van der Waals surface area contributed by atoms with Crippen molar-refractivity contribution < 1.29 is 0 Å². The standard InChI is InChI=1S/C7H6N2S/c8-4-3-6(9)7-2-1-5-10-7/h1-3,5H,9H2/b6-3+. The third-order valence-corrected chi connectivity index (χ3v) is 1.94. The summed E-state index contributed by atoms with van der Waals surface area (Å²) in [5.74, 6) is 0. The SMILES string of the molecule is N#C/C=C(/N)c1cccs1. The van der Waals surface area contributed by atoms with Gasteiger partial charge in [-0.15, -0.1) is 11.3 Å². The average molecular weight is 150 g/mol. The van der Waals surface area contributed by atoms with Crippen molar-refractivity contribution in [1.82, 2.24) is 0 Å². The Hall–Kier alpha value is -1.27. The number of nitrogens with zero attached hydrogens (tertiary/aromatic N) is 1. The van der Waals surface area contributed by atoms with Gasteiger partial charge in [-0.05, 0) is 11.4 Å². The van der Waals surface area contributed by atoms with Crippen LogP contribution in [0, 0.1) is 11.3 Å². The lowest BCUT2D eigenvalue weighted by Gasteiger charge is -1.89. The molecule has 0 aliphatic heterocycles. The van der Waals surface area contributed by atoms with Gasteiger partial charge in [0, 0.05) is 6.08 Å². The molecular weight excluding hydrogens is 144 g/mol. The predicted molar refractivity (Wildman–Crippen MR) is 42.1 cm³/mol.